The summed E-state index contributed by atoms with van der Waals surface area (Å²) in [5.74, 6) is -1.91. The Balaban J connectivity index is 2.33. The SMILES string of the molecule is CCC(C)C(NC(=O)c1cc2ccccc2c(=O)[nH]1)C(=O)O. The van der Waals surface area contributed by atoms with Crippen LogP contribution in [0.1, 0.15) is 30.8 Å². The van der Waals surface area contributed by atoms with Gasteiger partial charge >= 0.3 is 5.97 Å². The second kappa shape index (κ2) is 6.43. The van der Waals surface area contributed by atoms with Crippen LogP contribution in [0.2, 0.25) is 0 Å². The minimum absolute atomic E-state index is 0.0539. The molecule has 0 saturated carbocycles. The highest BCUT2D eigenvalue weighted by Crippen LogP contribution is 2.12. The second-order valence-corrected chi connectivity index (χ2v) is 5.27. The molecule has 0 aliphatic heterocycles. The van der Waals surface area contributed by atoms with Crippen LogP contribution in [-0.4, -0.2) is 28.0 Å². The standard InChI is InChI=1S/C16H18N2O4/c1-3-9(2)13(16(21)22)18-15(20)12-8-10-6-4-5-7-11(10)14(19)17-12/h4-9,13H,3H2,1-2H3,(H,17,19)(H,18,20)(H,21,22). The molecule has 6 heteroatoms. The van der Waals surface area contributed by atoms with E-state index in [-0.39, 0.29) is 17.2 Å². The fourth-order valence-electron chi connectivity index (χ4n) is 2.24. The minimum Gasteiger partial charge on any atom is -0.480 e. The van der Waals surface area contributed by atoms with Gasteiger partial charge in [-0.1, -0.05) is 38.5 Å². The molecule has 0 spiro atoms. The molecular formula is C16H18N2O4. The zero-order valence-electron chi connectivity index (χ0n) is 12.4. The van der Waals surface area contributed by atoms with E-state index in [4.69, 9.17) is 0 Å². The molecule has 2 atom stereocenters. The van der Waals surface area contributed by atoms with Crippen molar-refractivity contribution >= 4 is 22.6 Å². The monoisotopic (exact) mass is 302 g/mol. The van der Waals surface area contributed by atoms with Gasteiger partial charge in [0, 0.05) is 5.39 Å². The Morgan fingerprint density at radius 2 is 2.00 bits per heavy atom. The second-order valence-electron chi connectivity index (χ2n) is 5.27. The first-order chi connectivity index (χ1) is 10.4. The molecule has 1 aromatic heterocycles. The number of aromatic amines is 1. The number of H-pyrrole nitrogens is 1. The van der Waals surface area contributed by atoms with E-state index in [1.54, 1.807) is 37.3 Å². The summed E-state index contributed by atoms with van der Waals surface area (Å²) in [4.78, 5) is 37.9. The lowest BCUT2D eigenvalue weighted by Crippen LogP contribution is -2.45. The number of carbonyl (C=O) groups excluding carboxylic acids is 1. The van der Waals surface area contributed by atoms with Gasteiger partial charge in [0.2, 0.25) is 0 Å². The number of carbonyl (C=O) groups is 2. The van der Waals surface area contributed by atoms with Gasteiger partial charge in [-0.3, -0.25) is 9.59 Å². The topological polar surface area (TPSA) is 99.3 Å². The average molecular weight is 302 g/mol. The third-order valence-electron chi connectivity index (χ3n) is 3.76. The third-order valence-corrected chi connectivity index (χ3v) is 3.76. The number of aromatic nitrogens is 1. The molecule has 0 fully saturated rings. The summed E-state index contributed by atoms with van der Waals surface area (Å²) in [5, 5.41) is 12.8. The average Bonchev–Trinajstić information content (AvgIpc) is 2.51. The normalized spacial score (nSPS) is 13.5. The van der Waals surface area contributed by atoms with E-state index < -0.39 is 17.9 Å². The number of pyridine rings is 1. The summed E-state index contributed by atoms with van der Waals surface area (Å²) in [6, 6.07) is 7.44. The Kier molecular flexibility index (Phi) is 4.60. The molecule has 2 unspecified atom stereocenters. The number of benzene rings is 1. The van der Waals surface area contributed by atoms with Crippen molar-refractivity contribution in [2.24, 2.45) is 5.92 Å². The van der Waals surface area contributed by atoms with Crippen LogP contribution in [0.25, 0.3) is 10.8 Å². The predicted molar refractivity (Wildman–Crippen MR) is 82.9 cm³/mol. The largest absolute Gasteiger partial charge is 0.480 e. The zero-order chi connectivity index (χ0) is 16.3. The molecular weight excluding hydrogens is 284 g/mol. The van der Waals surface area contributed by atoms with Crippen molar-refractivity contribution in [1.29, 1.82) is 0 Å². The van der Waals surface area contributed by atoms with Gasteiger partial charge < -0.3 is 15.4 Å². The number of carboxylic acid groups (broad SMARTS) is 1. The number of hydrogen-bond donors (Lipinski definition) is 3. The van der Waals surface area contributed by atoms with Crippen molar-refractivity contribution in [3.05, 3.63) is 46.4 Å². The van der Waals surface area contributed by atoms with Crippen LogP contribution in [0.4, 0.5) is 0 Å². The molecule has 22 heavy (non-hydrogen) atoms. The van der Waals surface area contributed by atoms with E-state index in [1.807, 2.05) is 6.92 Å². The number of hydrogen-bond acceptors (Lipinski definition) is 3. The van der Waals surface area contributed by atoms with Crippen LogP contribution in [-0.2, 0) is 4.79 Å². The van der Waals surface area contributed by atoms with Crippen molar-refractivity contribution < 1.29 is 14.7 Å². The molecule has 2 aromatic rings. The molecule has 1 amide bonds. The fraction of sp³-hybridized carbons (Fsp3) is 0.312. The lowest BCUT2D eigenvalue weighted by Gasteiger charge is -2.20. The van der Waals surface area contributed by atoms with Gasteiger partial charge in [-0.05, 0) is 23.4 Å². The molecule has 0 aliphatic carbocycles. The summed E-state index contributed by atoms with van der Waals surface area (Å²) in [5.41, 5.74) is -0.322. The number of fused-ring (bicyclic) bond motifs is 1. The van der Waals surface area contributed by atoms with Gasteiger partial charge in [-0.25, -0.2) is 4.79 Å². The maximum atomic E-state index is 12.2. The van der Waals surface area contributed by atoms with Crippen molar-refractivity contribution in [3.8, 4) is 0 Å². The highest BCUT2D eigenvalue weighted by atomic mass is 16.4. The van der Waals surface area contributed by atoms with E-state index in [2.05, 4.69) is 10.3 Å². The van der Waals surface area contributed by atoms with Crippen molar-refractivity contribution in [2.75, 3.05) is 0 Å². The van der Waals surface area contributed by atoms with Gasteiger partial charge in [0.25, 0.3) is 11.5 Å². The first-order valence-corrected chi connectivity index (χ1v) is 7.09. The Hall–Kier alpha value is -2.63. The highest BCUT2D eigenvalue weighted by molar-refractivity contribution is 5.98. The Morgan fingerprint density at radius 3 is 2.64 bits per heavy atom. The molecule has 1 aromatic carbocycles. The molecule has 0 bridgehead atoms. The van der Waals surface area contributed by atoms with Gasteiger partial charge in [-0.15, -0.1) is 0 Å². The predicted octanol–water partition coefficient (Wildman–Crippen LogP) is 1.76. The van der Waals surface area contributed by atoms with E-state index in [1.165, 1.54) is 0 Å². The number of carboxylic acids is 1. The van der Waals surface area contributed by atoms with Crippen LogP contribution < -0.4 is 10.9 Å². The maximum absolute atomic E-state index is 12.2. The number of aliphatic carboxylic acids is 1. The molecule has 0 saturated heterocycles. The van der Waals surface area contributed by atoms with Crippen molar-refractivity contribution in [1.82, 2.24) is 10.3 Å². The van der Waals surface area contributed by atoms with Crippen LogP contribution >= 0.6 is 0 Å². The molecule has 3 N–H and O–H groups in total. The van der Waals surface area contributed by atoms with Gasteiger partial charge in [0.1, 0.15) is 11.7 Å². The fourth-order valence-corrected chi connectivity index (χ4v) is 2.24. The quantitative estimate of drug-likeness (QED) is 0.783. The third kappa shape index (κ3) is 3.16. The molecule has 0 aliphatic rings. The van der Waals surface area contributed by atoms with Crippen LogP contribution in [0.3, 0.4) is 0 Å². The summed E-state index contributed by atoms with van der Waals surface area (Å²) in [6.45, 7) is 3.60. The van der Waals surface area contributed by atoms with E-state index >= 15 is 0 Å². The van der Waals surface area contributed by atoms with Gasteiger partial charge in [0.15, 0.2) is 0 Å². The zero-order valence-corrected chi connectivity index (χ0v) is 12.4. The van der Waals surface area contributed by atoms with E-state index in [0.29, 0.717) is 17.2 Å². The summed E-state index contributed by atoms with van der Waals surface area (Å²) in [7, 11) is 0. The number of amides is 1. The molecule has 116 valence electrons. The molecule has 1 heterocycles. The van der Waals surface area contributed by atoms with E-state index in [0.717, 1.165) is 0 Å². The Morgan fingerprint density at radius 1 is 1.32 bits per heavy atom. The van der Waals surface area contributed by atoms with Crippen LogP contribution in [0, 0.1) is 5.92 Å². The van der Waals surface area contributed by atoms with Gasteiger partial charge in [0.05, 0.1) is 0 Å². The van der Waals surface area contributed by atoms with Crippen LogP contribution in [0.5, 0.6) is 0 Å². The Labute approximate surface area is 127 Å². The van der Waals surface area contributed by atoms with Crippen molar-refractivity contribution in [3.63, 3.8) is 0 Å². The minimum atomic E-state index is -1.09. The van der Waals surface area contributed by atoms with Gasteiger partial charge in [-0.2, -0.15) is 0 Å². The molecule has 0 radical (unpaired) electrons. The van der Waals surface area contributed by atoms with Crippen molar-refractivity contribution in [2.45, 2.75) is 26.3 Å². The molecule has 6 nitrogen and oxygen atoms in total. The lowest BCUT2D eigenvalue weighted by molar-refractivity contribution is -0.140. The summed E-state index contributed by atoms with van der Waals surface area (Å²) >= 11 is 0. The number of nitrogens with one attached hydrogen (secondary N) is 2. The lowest BCUT2D eigenvalue weighted by atomic mass is 9.99. The first-order valence-electron chi connectivity index (χ1n) is 7.09. The van der Waals surface area contributed by atoms with E-state index in [9.17, 15) is 19.5 Å². The smallest absolute Gasteiger partial charge is 0.326 e. The highest BCUT2D eigenvalue weighted by Gasteiger charge is 2.26. The van der Waals surface area contributed by atoms with Crippen LogP contribution in [0.15, 0.2) is 35.1 Å². The number of rotatable bonds is 5. The molecule has 2 rings (SSSR count). The summed E-state index contributed by atoms with van der Waals surface area (Å²) < 4.78 is 0. The summed E-state index contributed by atoms with van der Waals surface area (Å²) in [6.07, 6.45) is 0.617. The maximum Gasteiger partial charge on any atom is 0.326 e. The Bertz CT molecular complexity index is 766. The first kappa shape index (κ1) is 15.8.